The van der Waals surface area contributed by atoms with Gasteiger partial charge in [0.25, 0.3) is 0 Å². The molecule has 1 aromatic carbocycles. The van der Waals surface area contributed by atoms with E-state index in [1.54, 1.807) is 0 Å². The second kappa shape index (κ2) is 6.83. The zero-order valence-corrected chi connectivity index (χ0v) is 13.3. The smallest absolute Gasteiger partial charge is 0.172 e. The van der Waals surface area contributed by atoms with E-state index in [1.807, 2.05) is 12.1 Å². The Hall–Kier alpha value is -1.71. The third kappa shape index (κ3) is 3.49. The first-order valence-corrected chi connectivity index (χ1v) is 7.88. The molecule has 0 amide bonds. The molecule has 21 heavy (non-hydrogen) atoms. The van der Waals surface area contributed by atoms with Crippen molar-refractivity contribution in [3.63, 3.8) is 0 Å². The van der Waals surface area contributed by atoms with Crippen LogP contribution in [0.3, 0.4) is 0 Å². The van der Waals surface area contributed by atoms with Gasteiger partial charge >= 0.3 is 0 Å². The van der Waals surface area contributed by atoms with Gasteiger partial charge in [-0.15, -0.1) is 0 Å². The van der Waals surface area contributed by atoms with Gasteiger partial charge in [-0.1, -0.05) is 24.6 Å². The lowest BCUT2D eigenvalue weighted by atomic mass is 9.84. The maximum atomic E-state index is 8.99. The molecule has 116 valence electrons. The fraction of sp³-hybridized carbons (Fsp3) is 0.588. The van der Waals surface area contributed by atoms with E-state index in [2.05, 4.69) is 37.0 Å². The maximum absolute atomic E-state index is 8.99. The van der Waals surface area contributed by atoms with Gasteiger partial charge in [0.15, 0.2) is 5.84 Å². The molecule has 0 spiro atoms. The van der Waals surface area contributed by atoms with Gasteiger partial charge in [-0.05, 0) is 56.2 Å². The van der Waals surface area contributed by atoms with Crippen molar-refractivity contribution in [1.29, 1.82) is 0 Å². The van der Waals surface area contributed by atoms with Crippen LogP contribution in [0.25, 0.3) is 0 Å². The number of aryl methyl sites for hydroxylation is 1. The summed E-state index contributed by atoms with van der Waals surface area (Å²) in [5.74, 6) is 1.06. The van der Waals surface area contributed by atoms with Gasteiger partial charge < -0.3 is 15.8 Å². The molecular formula is C17H27N3O. The van der Waals surface area contributed by atoms with Crippen LogP contribution in [0.2, 0.25) is 0 Å². The van der Waals surface area contributed by atoms with E-state index in [9.17, 15) is 0 Å². The number of hydrogen-bond donors (Lipinski definition) is 2. The summed E-state index contributed by atoms with van der Waals surface area (Å²) in [6, 6.07) is 6.60. The topological polar surface area (TPSA) is 61.8 Å². The Morgan fingerprint density at radius 1 is 1.33 bits per heavy atom. The van der Waals surface area contributed by atoms with Gasteiger partial charge in [0.2, 0.25) is 0 Å². The molecule has 4 heteroatoms. The van der Waals surface area contributed by atoms with Crippen molar-refractivity contribution >= 4 is 11.5 Å². The van der Waals surface area contributed by atoms with Crippen molar-refractivity contribution < 1.29 is 5.21 Å². The molecule has 0 aromatic heterocycles. The monoisotopic (exact) mass is 289 g/mol. The van der Waals surface area contributed by atoms with Gasteiger partial charge in [-0.25, -0.2) is 0 Å². The molecule has 0 saturated heterocycles. The van der Waals surface area contributed by atoms with Gasteiger partial charge in [-0.3, -0.25) is 0 Å². The van der Waals surface area contributed by atoms with E-state index in [-0.39, 0.29) is 5.84 Å². The Morgan fingerprint density at radius 2 is 2.00 bits per heavy atom. The molecule has 3 N–H and O–H groups in total. The van der Waals surface area contributed by atoms with E-state index in [1.165, 1.54) is 37.7 Å². The summed E-state index contributed by atoms with van der Waals surface area (Å²) in [5.41, 5.74) is 8.89. The summed E-state index contributed by atoms with van der Waals surface area (Å²) >= 11 is 0. The van der Waals surface area contributed by atoms with Crippen LogP contribution in [0.4, 0.5) is 5.69 Å². The SMILES string of the molecule is CCC1CCC(N(C)c2cc(C)ccc2C(N)=NO)CC1. The van der Waals surface area contributed by atoms with E-state index in [0.29, 0.717) is 6.04 Å². The molecule has 2 rings (SSSR count). The molecular weight excluding hydrogens is 262 g/mol. The molecule has 1 aromatic rings. The third-order valence-electron chi connectivity index (χ3n) is 4.86. The molecule has 1 aliphatic carbocycles. The van der Waals surface area contributed by atoms with E-state index in [0.717, 1.165) is 17.2 Å². The van der Waals surface area contributed by atoms with Crippen LogP contribution < -0.4 is 10.6 Å². The first-order valence-electron chi connectivity index (χ1n) is 7.88. The van der Waals surface area contributed by atoms with E-state index in [4.69, 9.17) is 10.9 Å². The van der Waals surface area contributed by atoms with Gasteiger partial charge in [0.1, 0.15) is 0 Å². The quantitative estimate of drug-likeness (QED) is 0.386. The Labute approximate surface area is 127 Å². The number of hydrogen-bond acceptors (Lipinski definition) is 3. The molecule has 0 unspecified atom stereocenters. The summed E-state index contributed by atoms with van der Waals surface area (Å²) in [6.07, 6.45) is 6.33. The fourth-order valence-corrected chi connectivity index (χ4v) is 3.34. The number of amidine groups is 1. The Kier molecular flexibility index (Phi) is 5.10. The van der Waals surface area contributed by atoms with Crippen molar-refractivity contribution in [3.8, 4) is 0 Å². The molecule has 0 atom stereocenters. The van der Waals surface area contributed by atoms with Crippen LogP contribution in [0, 0.1) is 12.8 Å². The number of anilines is 1. The van der Waals surface area contributed by atoms with Crippen molar-refractivity contribution in [1.82, 2.24) is 0 Å². The molecule has 1 fully saturated rings. The van der Waals surface area contributed by atoms with E-state index < -0.39 is 0 Å². The van der Waals surface area contributed by atoms with Crippen LogP contribution in [-0.2, 0) is 0 Å². The van der Waals surface area contributed by atoms with Crippen LogP contribution in [0.15, 0.2) is 23.4 Å². The fourth-order valence-electron chi connectivity index (χ4n) is 3.34. The minimum Gasteiger partial charge on any atom is -0.409 e. The van der Waals surface area contributed by atoms with Gasteiger partial charge in [0.05, 0.1) is 0 Å². The third-order valence-corrected chi connectivity index (χ3v) is 4.86. The number of benzene rings is 1. The number of nitrogens with two attached hydrogens (primary N) is 1. The second-order valence-electron chi connectivity index (χ2n) is 6.20. The molecule has 0 heterocycles. The zero-order chi connectivity index (χ0) is 15.4. The maximum Gasteiger partial charge on any atom is 0.172 e. The number of nitrogens with zero attached hydrogens (tertiary/aromatic N) is 2. The number of oxime groups is 1. The lowest BCUT2D eigenvalue weighted by Crippen LogP contribution is -2.36. The highest BCUT2D eigenvalue weighted by molar-refractivity contribution is 6.02. The summed E-state index contributed by atoms with van der Waals surface area (Å²) < 4.78 is 0. The summed E-state index contributed by atoms with van der Waals surface area (Å²) in [6.45, 7) is 4.35. The minimum atomic E-state index is 0.180. The van der Waals surface area contributed by atoms with Crippen LogP contribution in [0.1, 0.15) is 50.2 Å². The highest BCUT2D eigenvalue weighted by Gasteiger charge is 2.25. The van der Waals surface area contributed by atoms with Crippen molar-refractivity contribution in [2.75, 3.05) is 11.9 Å². The Bertz CT molecular complexity index is 505. The van der Waals surface area contributed by atoms with Crippen LogP contribution in [-0.4, -0.2) is 24.1 Å². The lowest BCUT2D eigenvalue weighted by Gasteiger charge is -2.36. The predicted octanol–water partition coefficient (Wildman–Crippen LogP) is 3.49. The molecule has 0 aliphatic heterocycles. The average Bonchev–Trinajstić information content (AvgIpc) is 2.53. The summed E-state index contributed by atoms with van der Waals surface area (Å²) in [4.78, 5) is 2.31. The standard InChI is InChI=1S/C17H27N3O/c1-4-13-6-8-14(9-7-13)20(3)16-11-12(2)5-10-15(16)17(18)19-21/h5,10-11,13-14,21H,4,6-9H2,1-3H3,(H2,18,19). The summed E-state index contributed by atoms with van der Waals surface area (Å²) in [5, 5.41) is 12.2. The molecule has 0 bridgehead atoms. The van der Waals surface area contributed by atoms with Crippen LogP contribution in [0.5, 0.6) is 0 Å². The van der Waals surface area contributed by atoms with Crippen molar-refractivity contribution in [3.05, 3.63) is 29.3 Å². The van der Waals surface area contributed by atoms with Crippen molar-refractivity contribution in [2.45, 2.75) is 52.0 Å². The zero-order valence-electron chi connectivity index (χ0n) is 13.3. The van der Waals surface area contributed by atoms with Crippen molar-refractivity contribution in [2.24, 2.45) is 16.8 Å². The largest absolute Gasteiger partial charge is 0.409 e. The molecule has 4 nitrogen and oxygen atoms in total. The van der Waals surface area contributed by atoms with E-state index >= 15 is 0 Å². The molecule has 1 aliphatic rings. The van der Waals surface area contributed by atoms with Gasteiger partial charge in [0, 0.05) is 24.3 Å². The first-order chi connectivity index (χ1) is 10.1. The van der Waals surface area contributed by atoms with Crippen LogP contribution >= 0.6 is 0 Å². The lowest BCUT2D eigenvalue weighted by molar-refractivity contribution is 0.313. The van der Waals surface area contributed by atoms with Gasteiger partial charge in [-0.2, -0.15) is 0 Å². The summed E-state index contributed by atoms with van der Waals surface area (Å²) in [7, 11) is 2.12. The minimum absolute atomic E-state index is 0.180. The number of rotatable bonds is 4. The molecule has 1 saturated carbocycles. The average molecular weight is 289 g/mol. The normalized spacial score (nSPS) is 23.1. The highest BCUT2D eigenvalue weighted by atomic mass is 16.4. The highest BCUT2D eigenvalue weighted by Crippen LogP contribution is 2.32. The predicted molar refractivity (Wildman–Crippen MR) is 88.1 cm³/mol. The first kappa shape index (κ1) is 15.7. The molecule has 0 radical (unpaired) electrons. The second-order valence-corrected chi connectivity index (χ2v) is 6.20. The Morgan fingerprint density at radius 3 is 2.57 bits per heavy atom. The Balaban J connectivity index is 2.22.